The molecule has 1 aromatic rings. The second-order valence-corrected chi connectivity index (χ2v) is 11.5. The summed E-state index contributed by atoms with van der Waals surface area (Å²) in [5.74, 6) is 0.862. The van der Waals surface area contributed by atoms with Gasteiger partial charge in [0.25, 0.3) is 0 Å². The van der Waals surface area contributed by atoms with Gasteiger partial charge in [0.2, 0.25) is 0 Å². The minimum absolute atomic E-state index is 0.162. The number of aliphatic hydroxyl groups excluding tert-OH is 1. The summed E-state index contributed by atoms with van der Waals surface area (Å²) in [6.07, 6.45) is 8.64. The van der Waals surface area contributed by atoms with Crippen LogP contribution in [0.1, 0.15) is 57.2 Å². The van der Waals surface area contributed by atoms with Crippen LogP contribution in [0, 0.1) is 22.2 Å². The molecule has 0 spiro atoms. The monoisotopic (exact) mass is 368 g/mol. The first-order valence-electron chi connectivity index (χ1n) is 8.22. The summed E-state index contributed by atoms with van der Waals surface area (Å²) in [4.78, 5) is 1.32. The van der Waals surface area contributed by atoms with Crippen LogP contribution in [0.2, 0.25) is 0 Å². The van der Waals surface area contributed by atoms with Crippen LogP contribution in [0.25, 0.3) is 0 Å². The van der Waals surface area contributed by atoms with Crippen LogP contribution in [0.4, 0.5) is 0 Å². The number of hydrogen-bond acceptors (Lipinski definition) is 2. The van der Waals surface area contributed by atoms with Crippen molar-refractivity contribution in [3.05, 3.63) is 20.8 Å². The lowest BCUT2D eigenvalue weighted by Gasteiger charge is -2.66. The van der Waals surface area contributed by atoms with Crippen LogP contribution >= 0.6 is 27.3 Å². The molecule has 0 saturated heterocycles. The number of aliphatic hydroxyl groups is 1. The lowest BCUT2D eigenvalue weighted by Crippen LogP contribution is -2.59. The number of rotatable bonds is 3. The molecule has 0 radical (unpaired) electrons. The van der Waals surface area contributed by atoms with Gasteiger partial charge in [-0.1, -0.05) is 13.8 Å². The molecule has 1 nitrogen and oxygen atoms in total. The Kier molecular flexibility index (Phi) is 3.21. The molecule has 4 aliphatic rings. The molecule has 21 heavy (non-hydrogen) atoms. The van der Waals surface area contributed by atoms with Crippen molar-refractivity contribution in [2.24, 2.45) is 22.2 Å². The van der Waals surface area contributed by atoms with Gasteiger partial charge in [0.05, 0.1) is 9.89 Å². The summed E-state index contributed by atoms with van der Waals surface area (Å²) in [7, 11) is 0. The van der Waals surface area contributed by atoms with Gasteiger partial charge in [-0.05, 0) is 88.8 Å². The molecule has 1 aromatic heterocycles. The summed E-state index contributed by atoms with van der Waals surface area (Å²) in [5, 5.41) is 11.1. The average molecular weight is 369 g/mol. The minimum atomic E-state index is -0.162. The van der Waals surface area contributed by atoms with E-state index in [0.29, 0.717) is 10.8 Å². The van der Waals surface area contributed by atoms with Crippen molar-refractivity contribution < 1.29 is 5.11 Å². The zero-order chi connectivity index (χ0) is 14.9. The second kappa shape index (κ2) is 4.58. The summed E-state index contributed by atoms with van der Waals surface area (Å²) >= 11 is 5.31. The van der Waals surface area contributed by atoms with E-state index in [4.69, 9.17) is 0 Å². The van der Waals surface area contributed by atoms with E-state index >= 15 is 0 Å². The third kappa shape index (κ3) is 2.44. The largest absolute Gasteiger partial charge is 0.392 e. The zero-order valence-corrected chi connectivity index (χ0v) is 15.4. The highest BCUT2D eigenvalue weighted by molar-refractivity contribution is 9.11. The van der Waals surface area contributed by atoms with E-state index in [1.54, 1.807) is 11.3 Å². The molecule has 1 N–H and O–H groups in total. The van der Waals surface area contributed by atoms with E-state index in [2.05, 4.69) is 41.9 Å². The van der Waals surface area contributed by atoms with Gasteiger partial charge >= 0.3 is 0 Å². The van der Waals surface area contributed by atoms with Crippen LogP contribution in [0.5, 0.6) is 0 Å². The van der Waals surface area contributed by atoms with Gasteiger partial charge in [-0.2, -0.15) is 0 Å². The fourth-order valence-corrected chi connectivity index (χ4v) is 8.30. The molecule has 0 amide bonds. The number of thiophene rings is 1. The Hall–Kier alpha value is 0.140. The predicted molar refractivity (Wildman–Crippen MR) is 91.6 cm³/mol. The highest BCUT2D eigenvalue weighted by atomic mass is 79.9. The lowest BCUT2D eigenvalue weighted by molar-refractivity contribution is -0.184. The Morgan fingerprint density at radius 2 is 1.86 bits per heavy atom. The summed E-state index contributed by atoms with van der Waals surface area (Å²) in [6, 6.07) is 4.27. The lowest BCUT2D eigenvalue weighted by atomic mass is 9.39. The van der Waals surface area contributed by atoms with Gasteiger partial charge in [-0.25, -0.2) is 0 Å². The van der Waals surface area contributed by atoms with Crippen molar-refractivity contribution >= 4 is 27.3 Å². The Labute approximate surface area is 140 Å². The van der Waals surface area contributed by atoms with E-state index < -0.39 is 0 Å². The Bertz CT molecular complexity index is 547. The van der Waals surface area contributed by atoms with Crippen molar-refractivity contribution in [1.29, 1.82) is 0 Å². The molecule has 4 aliphatic carbocycles. The van der Waals surface area contributed by atoms with Crippen molar-refractivity contribution in [2.75, 3.05) is 0 Å². The maximum atomic E-state index is 11.1. The van der Waals surface area contributed by atoms with Gasteiger partial charge in [-0.15, -0.1) is 11.3 Å². The quantitative estimate of drug-likeness (QED) is 0.755. The molecule has 5 rings (SSSR count). The van der Waals surface area contributed by atoms with Gasteiger partial charge in [-0.3, -0.25) is 0 Å². The van der Waals surface area contributed by atoms with Crippen LogP contribution < -0.4 is 0 Å². The fourth-order valence-electron chi connectivity index (χ4n) is 6.78. The second-order valence-electron chi connectivity index (χ2n) is 8.92. The van der Waals surface area contributed by atoms with Crippen LogP contribution in [0.15, 0.2) is 15.9 Å². The molecule has 4 fully saturated rings. The Morgan fingerprint density at radius 1 is 1.19 bits per heavy atom. The van der Waals surface area contributed by atoms with Crippen LogP contribution in [-0.4, -0.2) is 11.2 Å². The van der Waals surface area contributed by atoms with Gasteiger partial charge in [0, 0.05) is 11.3 Å². The van der Waals surface area contributed by atoms with E-state index in [1.165, 1.54) is 47.2 Å². The zero-order valence-electron chi connectivity index (χ0n) is 13.0. The molecule has 4 saturated carbocycles. The van der Waals surface area contributed by atoms with E-state index in [-0.39, 0.29) is 11.5 Å². The van der Waals surface area contributed by atoms with Gasteiger partial charge in [0.15, 0.2) is 0 Å². The summed E-state index contributed by atoms with van der Waals surface area (Å²) in [5.41, 5.74) is 1.18. The summed E-state index contributed by atoms with van der Waals surface area (Å²) < 4.78 is 1.18. The molecule has 3 atom stereocenters. The van der Waals surface area contributed by atoms with Crippen molar-refractivity contribution in [1.82, 2.24) is 0 Å². The molecule has 4 bridgehead atoms. The SMILES string of the molecule is CC12CC3CC(C)(C1)CC(C(O)Cc1ccc(Br)s1)(C3)C2. The average Bonchev–Trinajstić information content (AvgIpc) is 2.69. The number of hydrogen-bond donors (Lipinski definition) is 1. The Morgan fingerprint density at radius 3 is 2.38 bits per heavy atom. The molecule has 3 heteroatoms. The standard InChI is InChI=1S/C18H25BrOS/c1-16-6-12-7-17(2,9-16)11-18(8-12,10-16)14(20)5-13-3-4-15(19)21-13/h3-4,12,14,20H,5-11H2,1-2H3. The van der Waals surface area contributed by atoms with E-state index in [0.717, 1.165) is 12.3 Å². The van der Waals surface area contributed by atoms with Crippen molar-refractivity contribution in [3.8, 4) is 0 Å². The third-order valence-electron chi connectivity index (χ3n) is 6.40. The highest BCUT2D eigenvalue weighted by Gasteiger charge is 2.61. The van der Waals surface area contributed by atoms with Gasteiger partial charge in [0.1, 0.15) is 0 Å². The molecular weight excluding hydrogens is 344 g/mol. The first kappa shape index (κ1) is 14.7. The molecular formula is C18H25BrOS. The maximum Gasteiger partial charge on any atom is 0.0701 e. The molecule has 0 aromatic carbocycles. The smallest absolute Gasteiger partial charge is 0.0701 e. The van der Waals surface area contributed by atoms with E-state index in [1.807, 2.05) is 0 Å². The first-order valence-corrected chi connectivity index (χ1v) is 9.83. The summed E-state index contributed by atoms with van der Waals surface area (Å²) in [6.45, 7) is 4.97. The van der Waals surface area contributed by atoms with Gasteiger partial charge < -0.3 is 5.11 Å². The Balaban J connectivity index is 1.61. The van der Waals surface area contributed by atoms with Crippen molar-refractivity contribution in [3.63, 3.8) is 0 Å². The van der Waals surface area contributed by atoms with Crippen LogP contribution in [0.3, 0.4) is 0 Å². The predicted octanol–water partition coefficient (Wildman–Crippen LogP) is 5.41. The first-order chi connectivity index (χ1) is 9.80. The third-order valence-corrected chi connectivity index (χ3v) is 8.05. The van der Waals surface area contributed by atoms with Crippen LogP contribution in [-0.2, 0) is 6.42 Å². The maximum absolute atomic E-state index is 11.1. The minimum Gasteiger partial charge on any atom is -0.392 e. The van der Waals surface area contributed by atoms with Crippen molar-refractivity contribution in [2.45, 2.75) is 64.9 Å². The molecule has 1 heterocycles. The molecule has 0 aliphatic heterocycles. The fraction of sp³-hybridized carbons (Fsp3) is 0.778. The molecule has 116 valence electrons. The number of halogens is 1. The van der Waals surface area contributed by atoms with E-state index in [9.17, 15) is 5.11 Å². The highest BCUT2D eigenvalue weighted by Crippen LogP contribution is 2.70. The molecule has 3 unspecified atom stereocenters. The topological polar surface area (TPSA) is 20.2 Å². The normalized spacial score (nSPS) is 46.0.